The molecule has 1 saturated heterocycles. The summed E-state index contributed by atoms with van der Waals surface area (Å²) in [4.78, 5) is 2.66. The molecule has 0 saturated carbocycles. The van der Waals surface area contributed by atoms with Crippen molar-refractivity contribution in [2.45, 2.75) is 45.4 Å². The highest BCUT2D eigenvalue weighted by Crippen LogP contribution is 2.32. The van der Waals surface area contributed by atoms with Gasteiger partial charge < -0.3 is 4.90 Å². The van der Waals surface area contributed by atoms with Crippen LogP contribution in [0, 0.1) is 5.92 Å². The number of hydrogen-bond acceptors (Lipinski definition) is 1. The van der Waals surface area contributed by atoms with Crippen molar-refractivity contribution in [2.24, 2.45) is 5.92 Å². The Kier molecular flexibility index (Phi) is 5.25. The van der Waals surface area contributed by atoms with Gasteiger partial charge >= 0.3 is 0 Å². The predicted molar refractivity (Wildman–Crippen MR) is 78.9 cm³/mol. The van der Waals surface area contributed by atoms with Gasteiger partial charge in [0.05, 0.1) is 0 Å². The SMILES string of the molecule is CCCCCCN1C[C@H](c2ccccc2)[C@@H](C)C1. The van der Waals surface area contributed by atoms with E-state index in [-0.39, 0.29) is 0 Å². The van der Waals surface area contributed by atoms with Crippen molar-refractivity contribution < 1.29 is 0 Å². The minimum Gasteiger partial charge on any atom is -0.302 e. The summed E-state index contributed by atoms with van der Waals surface area (Å²) in [6.45, 7) is 8.53. The van der Waals surface area contributed by atoms with Gasteiger partial charge in [-0.1, -0.05) is 63.4 Å². The molecular weight excluding hydrogens is 218 g/mol. The second kappa shape index (κ2) is 6.94. The first-order valence-electron chi connectivity index (χ1n) is 7.58. The monoisotopic (exact) mass is 245 g/mol. The minimum atomic E-state index is 0.748. The normalized spacial score (nSPS) is 24.6. The molecule has 1 aromatic carbocycles. The third kappa shape index (κ3) is 3.58. The summed E-state index contributed by atoms with van der Waals surface area (Å²) in [6.07, 6.45) is 5.51. The Morgan fingerprint density at radius 2 is 1.83 bits per heavy atom. The Bertz CT molecular complexity index is 333. The van der Waals surface area contributed by atoms with E-state index in [2.05, 4.69) is 49.1 Å². The van der Waals surface area contributed by atoms with E-state index in [1.807, 2.05) is 0 Å². The Hall–Kier alpha value is -0.820. The fourth-order valence-electron chi connectivity index (χ4n) is 3.15. The summed E-state index contributed by atoms with van der Waals surface area (Å²) in [6, 6.07) is 11.0. The Labute approximate surface area is 112 Å². The molecule has 18 heavy (non-hydrogen) atoms. The number of likely N-dealkylation sites (tertiary alicyclic amines) is 1. The van der Waals surface area contributed by atoms with Crippen LogP contribution in [-0.2, 0) is 0 Å². The smallest absolute Gasteiger partial charge is 0.00534 e. The summed E-state index contributed by atoms with van der Waals surface area (Å²) in [5.41, 5.74) is 1.53. The van der Waals surface area contributed by atoms with Gasteiger partial charge in [-0.15, -0.1) is 0 Å². The first-order chi connectivity index (χ1) is 8.81. The molecule has 0 bridgehead atoms. The lowest BCUT2D eigenvalue weighted by molar-refractivity contribution is 0.317. The van der Waals surface area contributed by atoms with E-state index in [0.717, 1.165) is 11.8 Å². The first-order valence-corrected chi connectivity index (χ1v) is 7.58. The van der Waals surface area contributed by atoms with Gasteiger partial charge in [-0.2, -0.15) is 0 Å². The average Bonchev–Trinajstić information content (AvgIpc) is 2.77. The standard InChI is InChI=1S/C17H27N/c1-3-4-5-9-12-18-13-15(2)17(14-18)16-10-7-6-8-11-16/h6-8,10-11,15,17H,3-5,9,12-14H2,1-2H3/t15-,17-/m0/s1. The molecule has 0 unspecified atom stereocenters. The molecule has 1 aromatic rings. The topological polar surface area (TPSA) is 3.24 Å². The quantitative estimate of drug-likeness (QED) is 0.675. The molecule has 0 spiro atoms. The van der Waals surface area contributed by atoms with E-state index in [1.165, 1.54) is 50.9 Å². The van der Waals surface area contributed by atoms with Crippen LogP contribution in [0.1, 0.15) is 51.0 Å². The van der Waals surface area contributed by atoms with Gasteiger partial charge in [0.1, 0.15) is 0 Å². The highest BCUT2D eigenvalue weighted by molar-refractivity contribution is 5.22. The summed E-state index contributed by atoms with van der Waals surface area (Å²) < 4.78 is 0. The maximum atomic E-state index is 2.66. The van der Waals surface area contributed by atoms with Crippen LogP contribution >= 0.6 is 0 Å². The van der Waals surface area contributed by atoms with Gasteiger partial charge in [-0.3, -0.25) is 0 Å². The second-order valence-electron chi connectivity index (χ2n) is 5.81. The van der Waals surface area contributed by atoms with Crippen LogP contribution in [0.25, 0.3) is 0 Å². The van der Waals surface area contributed by atoms with Crippen molar-refractivity contribution in [1.82, 2.24) is 4.90 Å². The van der Waals surface area contributed by atoms with Crippen LogP contribution in [-0.4, -0.2) is 24.5 Å². The van der Waals surface area contributed by atoms with E-state index >= 15 is 0 Å². The number of nitrogens with zero attached hydrogens (tertiary/aromatic N) is 1. The van der Waals surface area contributed by atoms with Crippen LogP contribution in [0.15, 0.2) is 30.3 Å². The van der Waals surface area contributed by atoms with Gasteiger partial charge in [0.25, 0.3) is 0 Å². The van der Waals surface area contributed by atoms with Crippen molar-refractivity contribution in [2.75, 3.05) is 19.6 Å². The van der Waals surface area contributed by atoms with Crippen molar-refractivity contribution in [3.8, 4) is 0 Å². The Morgan fingerprint density at radius 1 is 1.06 bits per heavy atom. The molecule has 0 aliphatic carbocycles. The molecular formula is C17H27N. The largest absolute Gasteiger partial charge is 0.302 e. The molecule has 2 rings (SSSR count). The van der Waals surface area contributed by atoms with Crippen LogP contribution in [0.5, 0.6) is 0 Å². The zero-order valence-electron chi connectivity index (χ0n) is 11.9. The second-order valence-corrected chi connectivity index (χ2v) is 5.81. The van der Waals surface area contributed by atoms with Gasteiger partial charge in [0, 0.05) is 19.0 Å². The fourth-order valence-corrected chi connectivity index (χ4v) is 3.15. The lowest BCUT2D eigenvalue weighted by Crippen LogP contribution is -2.21. The van der Waals surface area contributed by atoms with E-state index in [4.69, 9.17) is 0 Å². The molecule has 0 N–H and O–H groups in total. The third-order valence-corrected chi connectivity index (χ3v) is 4.24. The predicted octanol–water partition coefficient (Wildman–Crippen LogP) is 4.30. The molecule has 1 heterocycles. The maximum Gasteiger partial charge on any atom is 0.00534 e. The summed E-state index contributed by atoms with van der Waals surface area (Å²) >= 11 is 0. The number of benzene rings is 1. The van der Waals surface area contributed by atoms with Gasteiger partial charge in [0.15, 0.2) is 0 Å². The van der Waals surface area contributed by atoms with Crippen molar-refractivity contribution >= 4 is 0 Å². The number of rotatable bonds is 6. The molecule has 0 amide bonds. The van der Waals surface area contributed by atoms with Crippen molar-refractivity contribution in [3.05, 3.63) is 35.9 Å². The van der Waals surface area contributed by atoms with Crippen LogP contribution in [0.4, 0.5) is 0 Å². The van der Waals surface area contributed by atoms with Crippen LogP contribution in [0.3, 0.4) is 0 Å². The molecule has 100 valence electrons. The van der Waals surface area contributed by atoms with Gasteiger partial charge in [-0.05, 0) is 24.4 Å². The van der Waals surface area contributed by atoms with Gasteiger partial charge in [-0.25, -0.2) is 0 Å². The molecule has 0 radical (unpaired) electrons. The van der Waals surface area contributed by atoms with Crippen LogP contribution in [0.2, 0.25) is 0 Å². The van der Waals surface area contributed by atoms with E-state index in [1.54, 1.807) is 0 Å². The number of unbranched alkanes of at least 4 members (excludes halogenated alkanes) is 3. The lowest BCUT2D eigenvalue weighted by Gasteiger charge is -2.16. The lowest BCUT2D eigenvalue weighted by atomic mass is 9.90. The first kappa shape index (κ1) is 13.6. The molecule has 2 atom stereocenters. The molecule has 0 aromatic heterocycles. The van der Waals surface area contributed by atoms with Crippen molar-refractivity contribution in [1.29, 1.82) is 0 Å². The fraction of sp³-hybridized carbons (Fsp3) is 0.647. The summed E-state index contributed by atoms with van der Waals surface area (Å²) in [5.74, 6) is 1.55. The molecule has 1 aliphatic heterocycles. The molecule has 1 nitrogen and oxygen atoms in total. The Morgan fingerprint density at radius 3 is 2.56 bits per heavy atom. The Balaban J connectivity index is 1.82. The third-order valence-electron chi connectivity index (χ3n) is 4.24. The molecule has 1 aliphatic rings. The average molecular weight is 245 g/mol. The number of hydrogen-bond donors (Lipinski definition) is 0. The highest BCUT2D eigenvalue weighted by atomic mass is 15.1. The van der Waals surface area contributed by atoms with E-state index in [0.29, 0.717) is 0 Å². The summed E-state index contributed by atoms with van der Waals surface area (Å²) in [7, 11) is 0. The van der Waals surface area contributed by atoms with E-state index < -0.39 is 0 Å². The molecule has 1 fully saturated rings. The zero-order chi connectivity index (χ0) is 12.8. The minimum absolute atomic E-state index is 0.748. The maximum absolute atomic E-state index is 2.66. The molecule has 1 heteroatoms. The summed E-state index contributed by atoms with van der Waals surface area (Å²) in [5, 5.41) is 0. The van der Waals surface area contributed by atoms with Gasteiger partial charge in [0.2, 0.25) is 0 Å². The zero-order valence-corrected chi connectivity index (χ0v) is 11.9. The van der Waals surface area contributed by atoms with Crippen LogP contribution < -0.4 is 0 Å². The highest BCUT2D eigenvalue weighted by Gasteiger charge is 2.29. The van der Waals surface area contributed by atoms with E-state index in [9.17, 15) is 0 Å². The van der Waals surface area contributed by atoms with Crippen molar-refractivity contribution in [3.63, 3.8) is 0 Å².